The summed E-state index contributed by atoms with van der Waals surface area (Å²) in [5, 5.41) is 11.2. The SMILES string of the molecule is O=C(O)c1ccc(Br)c(NC(=O)c2ccnc(F)c2F)c1. The van der Waals surface area contributed by atoms with Gasteiger partial charge in [0, 0.05) is 10.7 Å². The summed E-state index contributed by atoms with van der Waals surface area (Å²) >= 11 is 3.13. The van der Waals surface area contributed by atoms with Crippen molar-refractivity contribution >= 4 is 33.5 Å². The molecule has 0 unspecified atom stereocenters. The van der Waals surface area contributed by atoms with Gasteiger partial charge in [-0.2, -0.15) is 4.39 Å². The first-order valence-corrected chi connectivity index (χ1v) is 6.33. The van der Waals surface area contributed by atoms with Crippen LogP contribution in [0.25, 0.3) is 0 Å². The number of carboxylic acid groups (broad SMARTS) is 1. The van der Waals surface area contributed by atoms with Crippen molar-refractivity contribution in [2.75, 3.05) is 5.32 Å². The van der Waals surface area contributed by atoms with Crippen molar-refractivity contribution in [3.8, 4) is 0 Å². The number of halogens is 3. The minimum absolute atomic E-state index is 0.0603. The molecule has 8 heteroatoms. The number of benzene rings is 1. The lowest BCUT2D eigenvalue weighted by Gasteiger charge is -2.09. The Morgan fingerprint density at radius 3 is 2.62 bits per heavy atom. The molecule has 0 aliphatic heterocycles. The lowest BCUT2D eigenvalue weighted by molar-refractivity contribution is 0.0696. The van der Waals surface area contributed by atoms with Crippen LogP contribution in [0.5, 0.6) is 0 Å². The topological polar surface area (TPSA) is 79.3 Å². The van der Waals surface area contributed by atoms with Crippen molar-refractivity contribution < 1.29 is 23.5 Å². The van der Waals surface area contributed by atoms with Crippen LogP contribution in [0.4, 0.5) is 14.5 Å². The molecule has 0 aliphatic rings. The highest BCUT2D eigenvalue weighted by atomic mass is 79.9. The van der Waals surface area contributed by atoms with E-state index in [-0.39, 0.29) is 11.3 Å². The van der Waals surface area contributed by atoms with Gasteiger partial charge < -0.3 is 10.4 Å². The zero-order chi connectivity index (χ0) is 15.6. The Bertz CT molecular complexity index is 737. The predicted molar refractivity (Wildman–Crippen MR) is 73.2 cm³/mol. The van der Waals surface area contributed by atoms with E-state index in [9.17, 15) is 18.4 Å². The summed E-state index contributed by atoms with van der Waals surface area (Å²) < 4.78 is 26.8. The fourth-order valence-electron chi connectivity index (χ4n) is 1.54. The summed E-state index contributed by atoms with van der Waals surface area (Å²) in [6.45, 7) is 0. The minimum Gasteiger partial charge on any atom is -0.478 e. The summed E-state index contributed by atoms with van der Waals surface area (Å²) in [6.07, 6.45) is 0.954. The fraction of sp³-hybridized carbons (Fsp3) is 0. The third kappa shape index (κ3) is 3.22. The number of anilines is 1. The summed E-state index contributed by atoms with van der Waals surface area (Å²) in [5.41, 5.74) is -0.471. The van der Waals surface area contributed by atoms with Gasteiger partial charge in [0.15, 0.2) is 5.82 Å². The molecule has 1 heterocycles. The highest BCUT2D eigenvalue weighted by Gasteiger charge is 2.17. The van der Waals surface area contributed by atoms with Crippen LogP contribution in [0.15, 0.2) is 34.9 Å². The van der Waals surface area contributed by atoms with E-state index < -0.39 is 29.2 Å². The van der Waals surface area contributed by atoms with Crippen LogP contribution >= 0.6 is 15.9 Å². The number of aromatic carboxylic acids is 1. The average Bonchev–Trinajstić information content (AvgIpc) is 2.43. The van der Waals surface area contributed by atoms with Crippen molar-refractivity contribution in [1.82, 2.24) is 4.98 Å². The van der Waals surface area contributed by atoms with E-state index in [0.29, 0.717) is 4.47 Å². The molecule has 2 aromatic rings. The third-order valence-corrected chi connectivity index (χ3v) is 3.24. The molecule has 1 aromatic carbocycles. The fourth-order valence-corrected chi connectivity index (χ4v) is 1.88. The molecule has 108 valence electrons. The molecule has 0 spiro atoms. The van der Waals surface area contributed by atoms with Gasteiger partial charge >= 0.3 is 5.97 Å². The predicted octanol–water partition coefficient (Wildman–Crippen LogP) is 3.07. The molecule has 0 saturated carbocycles. The molecule has 2 rings (SSSR count). The maximum absolute atomic E-state index is 13.5. The lowest BCUT2D eigenvalue weighted by Crippen LogP contribution is -2.15. The molecule has 1 amide bonds. The standard InChI is InChI=1S/C13H7BrF2N2O3/c14-8-2-1-6(13(20)21)5-9(8)18-12(19)7-3-4-17-11(16)10(7)15/h1-5H,(H,18,19)(H,20,21). The number of hydrogen-bond acceptors (Lipinski definition) is 3. The van der Waals surface area contributed by atoms with Gasteiger partial charge in [-0.25, -0.2) is 14.2 Å². The number of pyridine rings is 1. The molecular weight excluding hydrogens is 350 g/mol. The van der Waals surface area contributed by atoms with Crippen molar-refractivity contribution in [2.24, 2.45) is 0 Å². The third-order valence-electron chi connectivity index (χ3n) is 2.55. The highest BCUT2D eigenvalue weighted by molar-refractivity contribution is 9.10. The largest absolute Gasteiger partial charge is 0.478 e. The molecule has 0 radical (unpaired) electrons. The van der Waals surface area contributed by atoms with Crippen LogP contribution < -0.4 is 5.32 Å². The van der Waals surface area contributed by atoms with E-state index in [1.165, 1.54) is 18.2 Å². The summed E-state index contributed by atoms with van der Waals surface area (Å²) in [6, 6.07) is 4.96. The number of hydrogen-bond donors (Lipinski definition) is 2. The number of nitrogens with one attached hydrogen (secondary N) is 1. The Morgan fingerprint density at radius 1 is 1.24 bits per heavy atom. The van der Waals surface area contributed by atoms with Crippen LogP contribution in [0.2, 0.25) is 0 Å². The van der Waals surface area contributed by atoms with Crippen molar-refractivity contribution in [2.45, 2.75) is 0 Å². The number of carboxylic acids is 1. The van der Waals surface area contributed by atoms with E-state index in [2.05, 4.69) is 26.2 Å². The monoisotopic (exact) mass is 356 g/mol. The van der Waals surface area contributed by atoms with Gasteiger partial charge in [0.1, 0.15) is 0 Å². The molecule has 0 bridgehead atoms. The smallest absolute Gasteiger partial charge is 0.335 e. The van der Waals surface area contributed by atoms with Crippen molar-refractivity contribution in [1.29, 1.82) is 0 Å². The molecule has 21 heavy (non-hydrogen) atoms. The first kappa shape index (κ1) is 15.0. The molecule has 0 fully saturated rings. The number of carbonyl (C=O) groups is 2. The van der Waals surface area contributed by atoms with Crippen LogP contribution in [0.1, 0.15) is 20.7 Å². The number of nitrogens with zero attached hydrogens (tertiary/aromatic N) is 1. The second-order valence-electron chi connectivity index (χ2n) is 3.92. The van der Waals surface area contributed by atoms with Crippen LogP contribution in [-0.2, 0) is 0 Å². The van der Waals surface area contributed by atoms with Gasteiger partial charge in [-0.15, -0.1) is 0 Å². The van der Waals surface area contributed by atoms with Gasteiger partial charge in [0.2, 0.25) is 5.95 Å². The Hall–Kier alpha value is -2.35. The average molecular weight is 357 g/mol. The Kier molecular flexibility index (Phi) is 4.27. The summed E-state index contributed by atoms with van der Waals surface area (Å²) in [7, 11) is 0. The van der Waals surface area contributed by atoms with Gasteiger partial charge in [0.25, 0.3) is 5.91 Å². The van der Waals surface area contributed by atoms with Gasteiger partial charge in [0.05, 0.1) is 16.8 Å². The number of aromatic nitrogens is 1. The maximum Gasteiger partial charge on any atom is 0.335 e. The van der Waals surface area contributed by atoms with Crippen molar-refractivity contribution in [3.63, 3.8) is 0 Å². The zero-order valence-electron chi connectivity index (χ0n) is 10.2. The van der Waals surface area contributed by atoms with Crippen LogP contribution in [0.3, 0.4) is 0 Å². The maximum atomic E-state index is 13.5. The van der Waals surface area contributed by atoms with E-state index >= 15 is 0 Å². The Morgan fingerprint density at radius 2 is 1.95 bits per heavy atom. The van der Waals surface area contributed by atoms with E-state index in [0.717, 1.165) is 12.3 Å². The quantitative estimate of drug-likeness (QED) is 0.828. The highest BCUT2D eigenvalue weighted by Crippen LogP contribution is 2.24. The first-order chi connectivity index (χ1) is 9.90. The Labute approximate surface area is 125 Å². The minimum atomic E-state index is -1.39. The van der Waals surface area contributed by atoms with Crippen LogP contribution in [-0.4, -0.2) is 22.0 Å². The number of rotatable bonds is 3. The molecule has 0 aliphatic carbocycles. The second-order valence-corrected chi connectivity index (χ2v) is 4.77. The molecule has 1 aromatic heterocycles. The normalized spacial score (nSPS) is 10.2. The van der Waals surface area contributed by atoms with E-state index in [1.807, 2.05) is 0 Å². The Balaban J connectivity index is 2.33. The summed E-state index contributed by atoms with van der Waals surface area (Å²) in [4.78, 5) is 25.9. The zero-order valence-corrected chi connectivity index (χ0v) is 11.8. The lowest BCUT2D eigenvalue weighted by atomic mass is 10.2. The van der Waals surface area contributed by atoms with Gasteiger partial charge in [-0.3, -0.25) is 4.79 Å². The molecule has 0 atom stereocenters. The van der Waals surface area contributed by atoms with Gasteiger partial charge in [-0.05, 0) is 40.2 Å². The molecule has 5 nitrogen and oxygen atoms in total. The van der Waals surface area contributed by atoms with Gasteiger partial charge in [-0.1, -0.05) is 0 Å². The molecule has 2 N–H and O–H groups in total. The van der Waals surface area contributed by atoms with Crippen molar-refractivity contribution in [3.05, 3.63) is 57.8 Å². The van der Waals surface area contributed by atoms with Crippen LogP contribution in [0, 0.1) is 11.8 Å². The second kappa shape index (κ2) is 5.96. The molecule has 0 saturated heterocycles. The summed E-state index contributed by atoms with van der Waals surface area (Å²) in [5.74, 6) is -4.86. The van der Waals surface area contributed by atoms with E-state index in [4.69, 9.17) is 5.11 Å². The number of amides is 1. The number of carbonyl (C=O) groups excluding carboxylic acids is 1. The molecular formula is C13H7BrF2N2O3. The first-order valence-electron chi connectivity index (χ1n) is 5.54. The van der Waals surface area contributed by atoms with E-state index in [1.54, 1.807) is 0 Å².